The minimum Gasteiger partial charge on any atom is -0.497 e. The molecule has 1 aliphatic heterocycles. The number of benzene rings is 2. The van der Waals surface area contributed by atoms with E-state index >= 15 is 0 Å². The number of rotatable bonds is 12. The van der Waals surface area contributed by atoms with Gasteiger partial charge in [0.25, 0.3) is 0 Å². The molecule has 2 aromatic carbocycles. The Balaban J connectivity index is 1.39. The number of aromatic amines is 1. The number of pyridine rings is 1. The fraction of sp³-hybridized carbons (Fsp3) is 0.300. The number of epoxide rings is 1. The number of methoxy groups -OCH3 is 1. The summed E-state index contributed by atoms with van der Waals surface area (Å²) in [5.74, 6) is -0.787. The van der Waals surface area contributed by atoms with E-state index in [2.05, 4.69) is 20.3 Å². The number of carbonyl (C=O) groups is 3. The molecule has 200 valence electrons. The maximum atomic E-state index is 13.7. The van der Waals surface area contributed by atoms with E-state index in [0.29, 0.717) is 36.4 Å². The van der Waals surface area contributed by atoms with Gasteiger partial charge in [-0.25, -0.2) is 9.97 Å². The van der Waals surface area contributed by atoms with Gasteiger partial charge in [-0.3, -0.25) is 14.4 Å². The van der Waals surface area contributed by atoms with Gasteiger partial charge < -0.3 is 19.8 Å². The molecule has 2 aromatic heterocycles. The monoisotopic (exact) mass is 526 g/mol. The van der Waals surface area contributed by atoms with E-state index in [9.17, 15) is 14.4 Å². The van der Waals surface area contributed by atoms with Gasteiger partial charge in [-0.2, -0.15) is 0 Å². The summed E-state index contributed by atoms with van der Waals surface area (Å²) in [7, 11) is 1.58. The smallest absolute Gasteiger partial charge is 0.224 e. The number of hydrogen-bond donors (Lipinski definition) is 2. The number of nitrogens with one attached hydrogen (secondary N) is 2. The van der Waals surface area contributed by atoms with Gasteiger partial charge >= 0.3 is 0 Å². The van der Waals surface area contributed by atoms with E-state index in [4.69, 9.17) is 9.47 Å². The highest BCUT2D eigenvalue weighted by atomic mass is 16.6. The van der Waals surface area contributed by atoms with Crippen molar-refractivity contribution < 1.29 is 23.9 Å². The number of carbonyl (C=O) groups excluding carboxylic acids is 3. The Morgan fingerprint density at radius 2 is 1.74 bits per heavy atom. The minimum absolute atomic E-state index is 0.0995. The van der Waals surface area contributed by atoms with Crippen molar-refractivity contribution in [1.82, 2.24) is 20.3 Å². The van der Waals surface area contributed by atoms with Crippen LogP contribution in [0.15, 0.2) is 72.9 Å². The summed E-state index contributed by atoms with van der Waals surface area (Å²) >= 11 is 0. The zero-order chi connectivity index (χ0) is 27.4. The molecule has 0 saturated carbocycles. The number of H-pyrrole nitrogens is 1. The molecule has 1 fully saturated rings. The zero-order valence-electron chi connectivity index (χ0n) is 21.8. The molecule has 39 heavy (non-hydrogen) atoms. The molecular formula is C30H30N4O5. The Labute approximate surface area is 226 Å². The van der Waals surface area contributed by atoms with E-state index < -0.39 is 17.6 Å². The number of ether oxygens (including phenoxy) is 2. The first-order chi connectivity index (χ1) is 18.8. The molecule has 0 unspecified atom stereocenters. The first-order valence-electron chi connectivity index (χ1n) is 12.8. The summed E-state index contributed by atoms with van der Waals surface area (Å²) in [4.78, 5) is 51.8. The maximum Gasteiger partial charge on any atom is 0.224 e. The molecule has 0 aliphatic carbocycles. The zero-order valence-corrected chi connectivity index (χ0v) is 21.8. The van der Waals surface area contributed by atoms with Gasteiger partial charge in [0.1, 0.15) is 11.4 Å². The second-order valence-corrected chi connectivity index (χ2v) is 9.97. The average molecular weight is 527 g/mol. The lowest BCUT2D eigenvalue weighted by Gasteiger charge is -2.23. The standard InChI is InChI=1S/C30H30N4O5/c1-30(18-39-30)26(36)24(16-19-7-4-3-5-8-19)33-29(37)21(15-20-10-12-22(38-2)13-11-20)17-25(35)28-32-23-9-6-14-31-27(23)34-28/h3-14,21,24H,15-18H2,1-2H3,(H,33,37)(H,31,32,34)/t21-,24+,30-/m1/s1. The van der Waals surface area contributed by atoms with Crippen molar-refractivity contribution in [3.8, 4) is 5.75 Å². The Bertz CT molecular complexity index is 1450. The van der Waals surface area contributed by atoms with E-state index in [1.165, 1.54) is 0 Å². The Kier molecular flexibility index (Phi) is 7.51. The molecule has 3 heterocycles. The number of nitrogens with zero attached hydrogens (tertiary/aromatic N) is 2. The Morgan fingerprint density at radius 1 is 1.03 bits per heavy atom. The second-order valence-electron chi connectivity index (χ2n) is 9.97. The number of amides is 1. The van der Waals surface area contributed by atoms with Crippen LogP contribution in [0.4, 0.5) is 0 Å². The quantitative estimate of drug-likeness (QED) is 0.214. The Hall–Kier alpha value is -4.37. The lowest BCUT2D eigenvalue weighted by molar-refractivity contribution is -0.132. The normalized spacial score (nSPS) is 17.8. The number of Topliss-reactive ketones (excluding diaryl/α,β-unsaturated/α-hetero) is 2. The molecule has 2 N–H and O–H groups in total. The van der Waals surface area contributed by atoms with E-state index in [1.807, 2.05) is 54.6 Å². The van der Waals surface area contributed by atoms with Crippen LogP contribution in [0.5, 0.6) is 5.75 Å². The predicted octanol–water partition coefficient (Wildman–Crippen LogP) is 3.48. The van der Waals surface area contributed by atoms with Crippen LogP contribution in [-0.2, 0) is 27.2 Å². The molecule has 0 spiro atoms. The van der Waals surface area contributed by atoms with Crippen LogP contribution in [0.3, 0.4) is 0 Å². The van der Waals surface area contributed by atoms with Gasteiger partial charge in [-0.1, -0.05) is 42.5 Å². The third kappa shape index (κ3) is 6.21. The van der Waals surface area contributed by atoms with Crippen LogP contribution in [0.1, 0.15) is 35.1 Å². The number of imidazole rings is 1. The average Bonchev–Trinajstić information content (AvgIpc) is 3.56. The Morgan fingerprint density at radius 3 is 2.41 bits per heavy atom. The minimum atomic E-state index is -0.907. The number of ketones is 2. The molecule has 5 rings (SSSR count). The highest BCUT2D eigenvalue weighted by Crippen LogP contribution is 2.29. The molecule has 9 heteroatoms. The topological polar surface area (TPSA) is 127 Å². The molecule has 0 radical (unpaired) electrons. The van der Waals surface area contributed by atoms with Gasteiger partial charge in [0.2, 0.25) is 5.91 Å². The molecule has 9 nitrogen and oxygen atoms in total. The maximum absolute atomic E-state index is 13.7. The number of aromatic nitrogens is 3. The number of fused-ring (bicyclic) bond motifs is 1. The van der Waals surface area contributed by atoms with E-state index in [1.54, 1.807) is 32.4 Å². The third-order valence-electron chi connectivity index (χ3n) is 6.98. The molecule has 1 amide bonds. The highest BCUT2D eigenvalue weighted by molar-refractivity contribution is 6.00. The SMILES string of the molecule is COc1ccc(C[C@H](CC(=O)c2nc3ncccc3[nH]2)C(=O)N[C@@H](Cc2ccccc2)C(=O)[C@@]2(C)CO2)cc1. The molecule has 3 atom stereocenters. The van der Waals surface area contributed by atoms with Crippen molar-refractivity contribution in [2.45, 2.75) is 37.8 Å². The summed E-state index contributed by atoms with van der Waals surface area (Å²) in [6.45, 7) is 2.05. The van der Waals surface area contributed by atoms with Crippen molar-refractivity contribution >= 4 is 28.6 Å². The summed E-state index contributed by atoms with van der Waals surface area (Å²) in [6, 6.07) is 19.6. The lowest BCUT2D eigenvalue weighted by atomic mass is 9.90. The van der Waals surface area contributed by atoms with Crippen molar-refractivity contribution in [3.63, 3.8) is 0 Å². The van der Waals surface area contributed by atoms with Crippen LogP contribution < -0.4 is 10.1 Å². The van der Waals surface area contributed by atoms with Gasteiger partial charge in [-0.05, 0) is 55.2 Å². The first-order valence-corrected chi connectivity index (χ1v) is 12.8. The molecule has 4 aromatic rings. The fourth-order valence-corrected chi connectivity index (χ4v) is 4.57. The van der Waals surface area contributed by atoms with Crippen LogP contribution in [0.25, 0.3) is 11.2 Å². The van der Waals surface area contributed by atoms with Gasteiger partial charge in [-0.15, -0.1) is 0 Å². The van der Waals surface area contributed by atoms with Gasteiger partial charge in [0.15, 0.2) is 23.0 Å². The highest BCUT2D eigenvalue weighted by Gasteiger charge is 2.50. The van der Waals surface area contributed by atoms with Crippen LogP contribution >= 0.6 is 0 Å². The van der Waals surface area contributed by atoms with Crippen LogP contribution in [0, 0.1) is 5.92 Å². The summed E-state index contributed by atoms with van der Waals surface area (Å²) in [5.41, 5.74) is 1.94. The predicted molar refractivity (Wildman–Crippen MR) is 144 cm³/mol. The number of hydrogen-bond acceptors (Lipinski definition) is 7. The van der Waals surface area contributed by atoms with Crippen LogP contribution in [0.2, 0.25) is 0 Å². The van der Waals surface area contributed by atoms with Gasteiger partial charge in [0, 0.05) is 18.5 Å². The first kappa shape index (κ1) is 26.2. The summed E-state index contributed by atoms with van der Waals surface area (Å²) in [6.07, 6.45) is 2.12. The van der Waals surface area contributed by atoms with Crippen molar-refractivity contribution in [3.05, 3.63) is 89.9 Å². The van der Waals surface area contributed by atoms with Crippen molar-refractivity contribution in [2.75, 3.05) is 13.7 Å². The summed E-state index contributed by atoms with van der Waals surface area (Å²) < 4.78 is 10.6. The second kappa shape index (κ2) is 11.2. The van der Waals surface area contributed by atoms with Crippen LogP contribution in [-0.4, -0.2) is 57.8 Å². The van der Waals surface area contributed by atoms with Gasteiger partial charge in [0.05, 0.1) is 25.3 Å². The molecule has 1 saturated heterocycles. The fourth-order valence-electron chi connectivity index (χ4n) is 4.57. The lowest BCUT2D eigenvalue weighted by Crippen LogP contribution is -2.49. The summed E-state index contributed by atoms with van der Waals surface area (Å²) in [5, 5.41) is 2.95. The van der Waals surface area contributed by atoms with Crippen molar-refractivity contribution in [2.24, 2.45) is 5.92 Å². The van der Waals surface area contributed by atoms with E-state index in [-0.39, 0.29) is 29.7 Å². The third-order valence-corrected chi connectivity index (χ3v) is 6.98. The molecule has 1 aliphatic rings. The van der Waals surface area contributed by atoms with E-state index in [0.717, 1.165) is 11.1 Å². The van der Waals surface area contributed by atoms with Crippen molar-refractivity contribution in [1.29, 1.82) is 0 Å². The largest absolute Gasteiger partial charge is 0.497 e. The molecule has 0 bridgehead atoms. The molecular weight excluding hydrogens is 496 g/mol.